The topological polar surface area (TPSA) is 449 Å². The molecule has 1 saturated heterocycles. The molecule has 1 aliphatic rings. The third kappa shape index (κ3) is 23.6. The standard InChI is InChI=1S/C41H61N9O20/c1-22(16-34(57)58)13-31(54)48(68)10-4-7-25-37(63)42-19-30(53)43-26(8-5-11-49(69)32(55)14-23(2)17-35(59)60)38(64)46-29(21-52)41(67)45-27(39(65)47-28(20-51)40(66)44-25)9-6-12-50(70)33(56)15-24(3)18-36(61)62/h13-15,25-29,51-52,68-70H,4-12,16-21H2,1-3H3,(H,42,63)(H,43,53)(H,44,66)(H,45,67)(H,46,64)(H,47,65)(H,57,58)(H,59,60)(H,61,62). The maximum absolute atomic E-state index is 13.7. The lowest BCUT2D eigenvalue weighted by Crippen LogP contribution is -2.61. The molecule has 29 nitrogen and oxygen atoms in total. The van der Waals surface area contributed by atoms with Gasteiger partial charge in [0.25, 0.3) is 17.7 Å². The Morgan fingerprint density at radius 2 is 0.743 bits per heavy atom. The number of carbonyl (C=O) groups excluding carboxylic acids is 9. The van der Waals surface area contributed by atoms with Crippen LogP contribution in [0.2, 0.25) is 0 Å². The Bertz CT molecular complexity index is 1990. The maximum Gasteiger partial charge on any atom is 0.307 e. The monoisotopic (exact) mass is 999 g/mol. The minimum Gasteiger partial charge on any atom is -0.481 e. The molecule has 0 saturated carbocycles. The number of carbonyl (C=O) groups is 12. The Hall–Kier alpha value is -7.34. The van der Waals surface area contributed by atoms with E-state index in [9.17, 15) is 83.4 Å². The third-order valence-electron chi connectivity index (χ3n) is 9.72. The normalized spacial score (nSPS) is 20.2. The van der Waals surface area contributed by atoms with Crippen LogP contribution in [0.3, 0.4) is 0 Å². The van der Waals surface area contributed by atoms with Crippen LogP contribution in [0.4, 0.5) is 0 Å². The van der Waals surface area contributed by atoms with Crippen LogP contribution in [0, 0.1) is 0 Å². The molecule has 9 amide bonds. The SMILES string of the molecule is CC(=CC(=O)N(O)CCCC1NC(=O)CNC(=O)C(CCCN(O)C(=O)C=C(C)CC(=O)O)NC(=O)C(CO)NC(=O)C(CCCN(O)C(=O)C=C(C)CC(=O)O)NC(=O)C(CO)NC1=O)CC(=O)O. The van der Waals surface area contributed by atoms with E-state index in [1.54, 1.807) is 0 Å². The number of amides is 9. The molecule has 1 heterocycles. The molecule has 0 aromatic carbocycles. The zero-order valence-electron chi connectivity index (χ0n) is 38.5. The first-order valence-corrected chi connectivity index (χ1v) is 21.5. The Morgan fingerprint density at radius 3 is 1.04 bits per heavy atom. The number of nitrogens with zero attached hydrogens (tertiary/aromatic N) is 3. The second-order valence-electron chi connectivity index (χ2n) is 15.9. The molecule has 70 heavy (non-hydrogen) atoms. The van der Waals surface area contributed by atoms with Crippen molar-refractivity contribution in [2.45, 2.75) is 109 Å². The number of hydroxylamine groups is 6. The van der Waals surface area contributed by atoms with Crippen LogP contribution in [-0.2, 0) is 57.5 Å². The van der Waals surface area contributed by atoms with Gasteiger partial charge in [0.2, 0.25) is 35.4 Å². The fourth-order valence-corrected chi connectivity index (χ4v) is 6.21. The zero-order valence-corrected chi connectivity index (χ0v) is 38.5. The lowest BCUT2D eigenvalue weighted by atomic mass is 10.1. The van der Waals surface area contributed by atoms with E-state index in [4.69, 9.17) is 15.3 Å². The average molecular weight is 1000 g/mol. The second-order valence-corrected chi connectivity index (χ2v) is 15.9. The molecule has 0 spiro atoms. The molecule has 0 aliphatic carbocycles. The van der Waals surface area contributed by atoms with E-state index in [1.165, 1.54) is 20.8 Å². The van der Waals surface area contributed by atoms with E-state index in [0.29, 0.717) is 0 Å². The van der Waals surface area contributed by atoms with E-state index in [1.807, 2.05) is 0 Å². The smallest absolute Gasteiger partial charge is 0.307 e. The molecule has 5 unspecified atom stereocenters. The molecular weight excluding hydrogens is 938 g/mol. The summed E-state index contributed by atoms with van der Waals surface area (Å²) in [4.78, 5) is 151. The maximum atomic E-state index is 13.7. The number of rotatable bonds is 23. The minimum absolute atomic E-state index is 0.0739. The lowest BCUT2D eigenvalue weighted by molar-refractivity contribution is -0.160. The highest BCUT2D eigenvalue weighted by molar-refractivity contribution is 5.98. The van der Waals surface area contributed by atoms with Gasteiger partial charge in [0, 0.05) is 37.9 Å². The molecule has 0 aromatic rings. The summed E-state index contributed by atoms with van der Waals surface area (Å²) in [7, 11) is 0. The van der Waals surface area contributed by atoms with Crippen LogP contribution in [0.1, 0.15) is 78.6 Å². The van der Waals surface area contributed by atoms with Crippen molar-refractivity contribution < 1.29 is 98.7 Å². The van der Waals surface area contributed by atoms with Crippen molar-refractivity contribution in [3.8, 4) is 0 Å². The lowest BCUT2D eigenvalue weighted by Gasteiger charge is -2.27. The van der Waals surface area contributed by atoms with E-state index in [0.717, 1.165) is 18.2 Å². The number of nitrogens with one attached hydrogen (secondary N) is 6. The van der Waals surface area contributed by atoms with Crippen LogP contribution in [0.5, 0.6) is 0 Å². The number of hydrogen-bond acceptors (Lipinski definition) is 17. The summed E-state index contributed by atoms with van der Waals surface area (Å²) >= 11 is 0. The molecular formula is C41H61N9O20. The highest BCUT2D eigenvalue weighted by Crippen LogP contribution is 2.09. The first-order valence-electron chi connectivity index (χ1n) is 21.5. The molecule has 390 valence electrons. The summed E-state index contributed by atoms with van der Waals surface area (Å²) in [6.07, 6.45) is -1.07. The summed E-state index contributed by atoms with van der Waals surface area (Å²) in [5.74, 6) is -13.8. The minimum atomic E-state index is -1.87. The van der Waals surface area contributed by atoms with Crippen molar-refractivity contribution in [2.24, 2.45) is 0 Å². The quantitative estimate of drug-likeness (QED) is 0.0262. The van der Waals surface area contributed by atoms with Crippen molar-refractivity contribution in [1.82, 2.24) is 47.1 Å². The Balaban J connectivity index is 3.58. The van der Waals surface area contributed by atoms with Crippen molar-refractivity contribution in [3.05, 3.63) is 34.9 Å². The third-order valence-corrected chi connectivity index (χ3v) is 9.72. The highest BCUT2D eigenvalue weighted by atomic mass is 16.5. The van der Waals surface area contributed by atoms with Crippen LogP contribution < -0.4 is 31.9 Å². The summed E-state index contributed by atoms with van der Waals surface area (Å²) in [5.41, 5.74) is 0.246. The molecule has 29 heteroatoms. The summed E-state index contributed by atoms with van der Waals surface area (Å²) in [6, 6.07) is -8.75. The van der Waals surface area contributed by atoms with Gasteiger partial charge in [0.15, 0.2) is 0 Å². The first kappa shape index (κ1) is 60.7. The van der Waals surface area contributed by atoms with Gasteiger partial charge < -0.3 is 57.4 Å². The predicted octanol–water partition coefficient (Wildman–Crippen LogP) is -4.22. The number of carboxylic acid groups (broad SMARTS) is 3. The van der Waals surface area contributed by atoms with Gasteiger partial charge in [0.05, 0.1) is 39.0 Å². The van der Waals surface area contributed by atoms with Crippen molar-refractivity contribution >= 4 is 71.1 Å². The fraction of sp³-hybridized carbons (Fsp3) is 0.561. The Labute approximate surface area is 399 Å². The number of aliphatic hydroxyl groups is 2. The van der Waals surface area contributed by atoms with E-state index < -0.39 is 179 Å². The predicted molar refractivity (Wildman–Crippen MR) is 233 cm³/mol. The van der Waals surface area contributed by atoms with Crippen LogP contribution in [0.25, 0.3) is 0 Å². The van der Waals surface area contributed by atoms with Crippen molar-refractivity contribution in [3.63, 3.8) is 0 Å². The van der Waals surface area contributed by atoms with Crippen LogP contribution in [0.15, 0.2) is 34.9 Å². The number of carboxylic acids is 3. The molecule has 5 atom stereocenters. The van der Waals surface area contributed by atoms with Crippen molar-refractivity contribution in [2.75, 3.05) is 39.4 Å². The number of aliphatic carboxylic acids is 3. The van der Waals surface area contributed by atoms with Crippen molar-refractivity contribution in [1.29, 1.82) is 0 Å². The number of hydrogen-bond donors (Lipinski definition) is 14. The molecule has 0 bridgehead atoms. The number of aliphatic hydroxyl groups excluding tert-OH is 2. The molecule has 1 aliphatic heterocycles. The van der Waals surface area contributed by atoms with Gasteiger partial charge in [-0.3, -0.25) is 73.2 Å². The Morgan fingerprint density at radius 1 is 0.471 bits per heavy atom. The van der Waals surface area contributed by atoms with Gasteiger partial charge in [-0.1, -0.05) is 16.7 Å². The summed E-state index contributed by atoms with van der Waals surface area (Å²) in [5, 5.41) is 91.9. The van der Waals surface area contributed by atoms with Crippen LogP contribution >= 0.6 is 0 Å². The molecule has 1 rings (SSSR count). The van der Waals surface area contributed by atoms with Gasteiger partial charge in [-0.15, -0.1) is 0 Å². The largest absolute Gasteiger partial charge is 0.481 e. The zero-order chi connectivity index (χ0) is 53.2. The first-order chi connectivity index (χ1) is 32.8. The Kier molecular flexibility index (Phi) is 26.8. The van der Waals surface area contributed by atoms with Gasteiger partial charge >= 0.3 is 17.9 Å². The molecule has 1 fully saturated rings. The fourth-order valence-electron chi connectivity index (χ4n) is 6.21. The summed E-state index contributed by atoms with van der Waals surface area (Å²) < 4.78 is 0. The van der Waals surface area contributed by atoms with Gasteiger partial charge in [-0.2, -0.15) is 0 Å². The highest BCUT2D eigenvalue weighted by Gasteiger charge is 2.33. The van der Waals surface area contributed by atoms with Gasteiger partial charge in [0.1, 0.15) is 30.2 Å². The summed E-state index contributed by atoms with van der Waals surface area (Å²) in [6.45, 7) is -0.707. The van der Waals surface area contributed by atoms with Gasteiger partial charge in [-0.05, 0) is 59.3 Å². The van der Waals surface area contributed by atoms with E-state index >= 15 is 0 Å². The molecule has 0 aromatic heterocycles. The van der Waals surface area contributed by atoms with E-state index in [-0.39, 0.29) is 51.2 Å². The molecule has 0 radical (unpaired) electrons. The molecule has 14 N–H and O–H groups in total. The van der Waals surface area contributed by atoms with Gasteiger partial charge in [-0.25, -0.2) is 15.2 Å². The van der Waals surface area contributed by atoms with E-state index in [2.05, 4.69) is 31.9 Å². The van der Waals surface area contributed by atoms with Crippen LogP contribution in [-0.4, -0.2) is 197 Å². The second kappa shape index (κ2) is 30.9. The average Bonchev–Trinajstić information content (AvgIpc) is 3.26.